The number of anilines is 1. The van der Waals surface area contributed by atoms with E-state index < -0.39 is 38.0 Å². The summed E-state index contributed by atoms with van der Waals surface area (Å²) < 4.78 is 25.8. The molecule has 0 saturated heterocycles. The Balaban J connectivity index is 3.17. The zero-order valence-corrected chi connectivity index (χ0v) is 11.2. The first-order valence-corrected chi connectivity index (χ1v) is 6.75. The normalized spacial score (nSPS) is 10.9. The third-order valence-electron chi connectivity index (χ3n) is 2.31. The molecule has 110 valence electrons. The maximum absolute atomic E-state index is 11.9. The average Bonchev–Trinajstić information content (AvgIpc) is 2.43. The Hall–Kier alpha value is -2.24. The van der Waals surface area contributed by atoms with Gasteiger partial charge >= 0.3 is 0 Å². The maximum Gasteiger partial charge on any atom is 0.291 e. The highest BCUT2D eigenvalue weighted by Crippen LogP contribution is 2.26. The molecule has 10 nitrogen and oxygen atoms in total. The molecule has 0 aromatic heterocycles. The predicted molar refractivity (Wildman–Crippen MR) is 70.2 cm³/mol. The molecule has 1 amide bonds. The summed E-state index contributed by atoms with van der Waals surface area (Å²) in [4.78, 5) is 20.5. The van der Waals surface area contributed by atoms with E-state index in [2.05, 4.69) is 10.7 Å². The van der Waals surface area contributed by atoms with E-state index in [-0.39, 0.29) is 5.69 Å². The molecule has 0 aliphatic heterocycles. The molecule has 5 N–H and O–H groups in total. The van der Waals surface area contributed by atoms with Gasteiger partial charge in [-0.15, -0.1) is 0 Å². The van der Waals surface area contributed by atoms with Crippen molar-refractivity contribution in [3.8, 4) is 0 Å². The van der Waals surface area contributed by atoms with Crippen LogP contribution in [0.25, 0.3) is 0 Å². The van der Waals surface area contributed by atoms with Gasteiger partial charge in [-0.05, 0) is 12.1 Å². The Morgan fingerprint density at radius 2 is 2.10 bits per heavy atom. The molecular formula is C9H13N5O5S. The quantitative estimate of drug-likeness (QED) is 0.295. The lowest BCUT2D eigenvalue weighted by Gasteiger charge is -2.08. The van der Waals surface area contributed by atoms with Crippen molar-refractivity contribution >= 4 is 27.3 Å². The average molecular weight is 303 g/mol. The SMILES string of the molecule is CNC(=O)CNS(=O)(=O)c1ccc(NN)cc1[N+](=O)[O-]. The van der Waals surface area contributed by atoms with Crippen LogP contribution < -0.4 is 21.3 Å². The summed E-state index contributed by atoms with van der Waals surface area (Å²) in [6.45, 7) is -0.521. The number of carbonyl (C=O) groups excluding carboxylic acids is 1. The summed E-state index contributed by atoms with van der Waals surface area (Å²) in [5.41, 5.74) is 1.71. The number of nitrogens with zero attached hydrogens (tertiary/aromatic N) is 1. The molecule has 0 unspecified atom stereocenters. The third-order valence-corrected chi connectivity index (χ3v) is 3.76. The van der Waals surface area contributed by atoms with Crippen LogP contribution >= 0.6 is 0 Å². The Labute approximate surface area is 114 Å². The van der Waals surface area contributed by atoms with Crippen LogP contribution in [0.1, 0.15) is 0 Å². The van der Waals surface area contributed by atoms with E-state index >= 15 is 0 Å². The number of hydrogen-bond donors (Lipinski definition) is 4. The Morgan fingerprint density at radius 3 is 2.60 bits per heavy atom. The molecule has 0 fully saturated rings. The lowest BCUT2D eigenvalue weighted by Crippen LogP contribution is -2.35. The highest BCUT2D eigenvalue weighted by Gasteiger charge is 2.26. The smallest absolute Gasteiger partial charge is 0.291 e. The second kappa shape index (κ2) is 6.27. The minimum absolute atomic E-state index is 0.182. The fourth-order valence-electron chi connectivity index (χ4n) is 1.30. The lowest BCUT2D eigenvalue weighted by molar-refractivity contribution is -0.387. The molecule has 0 atom stereocenters. The molecule has 20 heavy (non-hydrogen) atoms. The topological polar surface area (TPSA) is 156 Å². The summed E-state index contributed by atoms with van der Waals surface area (Å²) in [5.74, 6) is 4.53. The number of nitrogen functional groups attached to an aromatic ring is 1. The molecule has 0 heterocycles. The molecule has 1 rings (SSSR count). The van der Waals surface area contributed by atoms with Crippen LogP contribution in [0.4, 0.5) is 11.4 Å². The van der Waals surface area contributed by atoms with Gasteiger partial charge in [0.15, 0.2) is 4.90 Å². The standard InChI is InChI=1S/C9H13N5O5S/c1-11-9(15)5-12-20(18,19)8-3-2-6(13-10)4-7(8)14(16)17/h2-4,12-13H,5,10H2,1H3,(H,11,15). The van der Waals surface area contributed by atoms with Gasteiger partial charge in [-0.1, -0.05) is 0 Å². The number of nitrogens with one attached hydrogen (secondary N) is 3. The molecular weight excluding hydrogens is 290 g/mol. The van der Waals surface area contributed by atoms with E-state index in [0.717, 1.165) is 12.1 Å². The largest absolute Gasteiger partial charge is 0.358 e. The first kappa shape index (κ1) is 15.8. The van der Waals surface area contributed by atoms with Gasteiger partial charge in [0.2, 0.25) is 15.9 Å². The van der Waals surface area contributed by atoms with Gasteiger partial charge in [-0.2, -0.15) is 0 Å². The number of carbonyl (C=O) groups is 1. The van der Waals surface area contributed by atoms with Gasteiger partial charge in [-0.25, -0.2) is 13.1 Å². The van der Waals surface area contributed by atoms with Gasteiger partial charge in [0.25, 0.3) is 5.69 Å². The van der Waals surface area contributed by atoms with E-state index in [1.807, 2.05) is 4.72 Å². The number of nitrogens with two attached hydrogens (primary N) is 1. The molecule has 0 spiro atoms. The molecule has 0 radical (unpaired) electrons. The number of amides is 1. The van der Waals surface area contributed by atoms with Crippen molar-refractivity contribution in [2.24, 2.45) is 5.84 Å². The maximum atomic E-state index is 11.9. The number of rotatable bonds is 6. The molecule has 11 heteroatoms. The fraction of sp³-hybridized carbons (Fsp3) is 0.222. The molecule has 0 saturated carbocycles. The van der Waals surface area contributed by atoms with Crippen molar-refractivity contribution in [1.29, 1.82) is 0 Å². The first-order chi connectivity index (χ1) is 9.31. The summed E-state index contributed by atoms with van der Waals surface area (Å²) in [6, 6.07) is 3.27. The first-order valence-electron chi connectivity index (χ1n) is 5.27. The Bertz CT molecular complexity index is 630. The van der Waals surface area contributed by atoms with Gasteiger partial charge < -0.3 is 10.7 Å². The molecule has 0 aliphatic rings. The summed E-state index contributed by atoms with van der Waals surface area (Å²) >= 11 is 0. The summed E-state index contributed by atoms with van der Waals surface area (Å²) in [6.07, 6.45) is 0. The Morgan fingerprint density at radius 1 is 1.45 bits per heavy atom. The van der Waals surface area contributed by atoms with Gasteiger partial charge in [0.1, 0.15) is 0 Å². The van der Waals surface area contributed by atoms with Crippen LogP contribution in [0, 0.1) is 10.1 Å². The summed E-state index contributed by atoms with van der Waals surface area (Å²) in [7, 11) is -2.85. The van der Waals surface area contributed by atoms with Gasteiger partial charge in [0, 0.05) is 13.1 Å². The van der Waals surface area contributed by atoms with E-state index in [4.69, 9.17) is 5.84 Å². The zero-order chi connectivity index (χ0) is 15.3. The second-order valence-electron chi connectivity index (χ2n) is 3.58. The predicted octanol–water partition coefficient (Wildman–Crippen LogP) is -1.10. The van der Waals surface area contributed by atoms with Crippen LogP contribution in [0.5, 0.6) is 0 Å². The van der Waals surface area contributed by atoms with Gasteiger partial charge in [-0.3, -0.25) is 20.8 Å². The second-order valence-corrected chi connectivity index (χ2v) is 5.32. The van der Waals surface area contributed by atoms with Gasteiger partial charge in [0.05, 0.1) is 17.2 Å². The minimum atomic E-state index is -4.19. The van der Waals surface area contributed by atoms with Crippen LogP contribution in [-0.2, 0) is 14.8 Å². The minimum Gasteiger partial charge on any atom is -0.358 e. The van der Waals surface area contributed by atoms with Crippen LogP contribution in [0.15, 0.2) is 23.1 Å². The molecule has 0 bridgehead atoms. The fourth-order valence-corrected chi connectivity index (χ4v) is 2.44. The monoisotopic (exact) mass is 303 g/mol. The summed E-state index contributed by atoms with van der Waals surface area (Å²) in [5, 5.41) is 13.1. The van der Waals surface area contributed by atoms with Crippen molar-refractivity contribution in [2.45, 2.75) is 4.90 Å². The highest BCUT2D eigenvalue weighted by atomic mass is 32.2. The highest BCUT2D eigenvalue weighted by molar-refractivity contribution is 7.89. The number of nitro benzene ring substituents is 1. The molecule has 1 aromatic carbocycles. The van der Waals surface area contributed by atoms with Crippen molar-refractivity contribution in [3.63, 3.8) is 0 Å². The lowest BCUT2D eigenvalue weighted by atomic mass is 10.3. The number of hydrogen-bond acceptors (Lipinski definition) is 7. The van der Waals surface area contributed by atoms with E-state index in [1.54, 1.807) is 0 Å². The number of likely N-dealkylation sites (N-methyl/N-ethyl adjacent to an activating group) is 1. The zero-order valence-electron chi connectivity index (χ0n) is 10.4. The van der Waals surface area contributed by atoms with Crippen molar-refractivity contribution in [2.75, 3.05) is 19.0 Å². The van der Waals surface area contributed by atoms with E-state index in [1.165, 1.54) is 13.1 Å². The van der Waals surface area contributed by atoms with Crippen LogP contribution in [0.2, 0.25) is 0 Å². The number of hydrazine groups is 1. The van der Waals surface area contributed by atoms with Crippen molar-refractivity contribution in [1.82, 2.24) is 10.0 Å². The number of benzene rings is 1. The number of nitro groups is 1. The number of sulfonamides is 1. The van der Waals surface area contributed by atoms with E-state index in [0.29, 0.717) is 0 Å². The third kappa shape index (κ3) is 3.63. The van der Waals surface area contributed by atoms with Crippen LogP contribution in [-0.4, -0.2) is 32.8 Å². The van der Waals surface area contributed by atoms with E-state index in [9.17, 15) is 23.3 Å². The van der Waals surface area contributed by atoms with Crippen molar-refractivity contribution in [3.05, 3.63) is 28.3 Å². The molecule has 0 aliphatic carbocycles. The van der Waals surface area contributed by atoms with Crippen molar-refractivity contribution < 1.29 is 18.1 Å². The molecule has 1 aromatic rings. The van der Waals surface area contributed by atoms with Crippen LogP contribution in [0.3, 0.4) is 0 Å². The Kier molecular flexibility index (Phi) is 4.96.